The lowest BCUT2D eigenvalue weighted by Gasteiger charge is -2.35. The second-order valence-corrected chi connectivity index (χ2v) is 14.1. The molecule has 1 atom stereocenters. The Morgan fingerprint density at radius 2 is 1.41 bits per heavy atom. The molecule has 0 heterocycles. The molecule has 1 aliphatic rings. The lowest BCUT2D eigenvalue weighted by Crippen LogP contribution is -2.55. The Hall–Kier alpha value is -4.14. The molecule has 0 aromatic heterocycles. The number of amides is 2. The highest BCUT2D eigenvalue weighted by molar-refractivity contribution is 7.92. The maximum absolute atomic E-state index is 14.6. The average Bonchev–Trinajstić information content (AvgIpc) is 3.08. The summed E-state index contributed by atoms with van der Waals surface area (Å²) in [5, 5.41) is 3.62. The standard InChI is InChI=1S/C37H40ClN3O4S/c1-28-22-23-32(25-34(28)38)41(46(44,45)33-20-12-5-13-21-33)27-36(42)40(26-30-16-8-3-9-17-30)35(24-29-14-6-2-7-15-29)37(43)39-31-18-10-4-11-19-31/h2-3,5-9,12-17,20-23,25,31,35H,4,10-11,18-19,24,26-27H2,1H3,(H,39,43)/t35-/m0/s1. The Morgan fingerprint density at radius 1 is 0.826 bits per heavy atom. The summed E-state index contributed by atoms with van der Waals surface area (Å²) >= 11 is 6.47. The molecule has 0 aliphatic heterocycles. The summed E-state index contributed by atoms with van der Waals surface area (Å²) in [5.41, 5.74) is 2.77. The Bertz CT molecular complexity index is 1710. The SMILES string of the molecule is Cc1ccc(N(CC(=O)N(Cc2ccccc2)[C@@H](Cc2ccccc2)C(=O)NC2CCCCC2)S(=O)(=O)c2ccccc2)cc1Cl. The number of rotatable bonds is 12. The molecule has 1 aliphatic carbocycles. The molecule has 0 radical (unpaired) electrons. The quantitative estimate of drug-likeness (QED) is 0.179. The van der Waals surface area contributed by atoms with Gasteiger partial charge in [-0.05, 0) is 60.7 Å². The van der Waals surface area contributed by atoms with Crippen LogP contribution in [0.25, 0.3) is 0 Å². The molecule has 5 rings (SSSR count). The van der Waals surface area contributed by atoms with Crippen molar-refractivity contribution in [1.82, 2.24) is 10.2 Å². The van der Waals surface area contributed by atoms with Crippen LogP contribution in [0.2, 0.25) is 5.02 Å². The molecule has 4 aromatic carbocycles. The van der Waals surface area contributed by atoms with Gasteiger partial charge in [0, 0.05) is 24.0 Å². The van der Waals surface area contributed by atoms with Crippen LogP contribution in [0.15, 0.2) is 114 Å². The Labute approximate surface area is 277 Å². The van der Waals surface area contributed by atoms with E-state index in [0.717, 1.165) is 53.1 Å². The van der Waals surface area contributed by atoms with E-state index in [0.29, 0.717) is 5.02 Å². The first-order valence-electron chi connectivity index (χ1n) is 15.7. The first-order chi connectivity index (χ1) is 22.2. The maximum atomic E-state index is 14.6. The van der Waals surface area contributed by atoms with Gasteiger partial charge in [0.25, 0.3) is 10.0 Å². The topological polar surface area (TPSA) is 86.8 Å². The van der Waals surface area contributed by atoms with E-state index in [1.54, 1.807) is 36.4 Å². The zero-order chi connectivity index (χ0) is 32.5. The van der Waals surface area contributed by atoms with Crippen LogP contribution < -0.4 is 9.62 Å². The van der Waals surface area contributed by atoms with Crippen LogP contribution in [0.1, 0.15) is 48.8 Å². The zero-order valence-corrected chi connectivity index (χ0v) is 27.6. The van der Waals surface area contributed by atoms with Crippen LogP contribution in [0, 0.1) is 6.92 Å². The summed E-state index contributed by atoms with van der Waals surface area (Å²) in [6, 6.07) is 31.2. The highest BCUT2D eigenvalue weighted by atomic mass is 35.5. The molecule has 1 saturated carbocycles. The second-order valence-electron chi connectivity index (χ2n) is 11.8. The van der Waals surface area contributed by atoms with Crippen LogP contribution in [0.3, 0.4) is 0 Å². The van der Waals surface area contributed by atoms with Crippen LogP contribution in [-0.4, -0.2) is 43.8 Å². The summed E-state index contributed by atoms with van der Waals surface area (Å²) in [5.74, 6) is -0.740. The van der Waals surface area contributed by atoms with E-state index in [-0.39, 0.29) is 35.5 Å². The van der Waals surface area contributed by atoms with Crippen molar-refractivity contribution in [3.05, 3.63) is 131 Å². The Morgan fingerprint density at radius 3 is 2.02 bits per heavy atom. The number of anilines is 1. The monoisotopic (exact) mass is 657 g/mol. The van der Waals surface area contributed by atoms with Gasteiger partial charge in [0.15, 0.2) is 0 Å². The number of nitrogens with zero attached hydrogens (tertiary/aromatic N) is 2. The lowest BCUT2D eigenvalue weighted by atomic mass is 9.94. The van der Waals surface area contributed by atoms with Gasteiger partial charge in [-0.15, -0.1) is 0 Å². The van der Waals surface area contributed by atoms with Crippen molar-refractivity contribution in [3.63, 3.8) is 0 Å². The minimum atomic E-state index is -4.19. The van der Waals surface area contributed by atoms with Crippen LogP contribution in [0.5, 0.6) is 0 Å². The number of aryl methyl sites for hydroxylation is 1. The van der Waals surface area contributed by atoms with Gasteiger partial charge in [0.05, 0.1) is 10.6 Å². The van der Waals surface area contributed by atoms with E-state index >= 15 is 0 Å². The predicted molar refractivity (Wildman–Crippen MR) is 183 cm³/mol. The molecule has 0 bridgehead atoms. The minimum absolute atomic E-state index is 0.0397. The largest absolute Gasteiger partial charge is 0.352 e. The van der Waals surface area contributed by atoms with E-state index in [1.807, 2.05) is 67.6 Å². The number of carbonyl (C=O) groups is 2. The van der Waals surface area contributed by atoms with E-state index < -0.39 is 28.5 Å². The Kier molecular flexibility index (Phi) is 11.1. The van der Waals surface area contributed by atoms with Crippen molar-refractivity contribution >= 4 is 39.1 Å². The summed E-state index contributed by atoms with van der Waals surface area (Å²) in [6.45, 7) is 1.43. The third-order valence-corrected chi connectivity index (χ3v) is 10.7. The maximum Gasteiger partial charge on any atom is 0.264 e. The highest BCUT2D eigenvalue weighted by Crippen LogP contribution is 2.29. The fraction of sp³-hybridized carbons (Fsp3) is 0.297. The molecular formula is C37H40ClN3O4S. The van der Waals surface area contributed by atoms with Crippen molar-refractivity contribution in [2.45, 2.75) is 69.0 Å². The lowest BCUT2D eigenvalue weighted by molar-refractivity contribution is -0.140. The minimum Gasteiger partial charge on any atom is -0.352 e. The molecule has 1 fully saturated rings. The predicted octanol–water partition coefficient (Wildman–Crippen LogP) is 6.93. The number of hydrogen-bond acceptors (Lipinski definition) is 4. The number of hydrogen-bond donors (Lipinski definition) is 1. The molecular weight excluding hydrogens is 618 g/mol. The molecule has 9 heteroatoms. The van der Waals surface area contributed by atoms with Crippen molar-refractivity contribution in [1.29, 1.82) is 0 Å². The van der Waals surface area contributed by atoms with Crippen molar-refractivity contribution in [2.24, 2.45) is 0 Å². The molecule has 0 saturated heterocycles. The number of benzene rings is 4. The zero-order valence-electron chi connectivity index (χ0n) is 26.0. The first-order valence-corrected chi connectivity index (χ1v) is 17.6. The molecule has 0 unspecified atom stereocenters. The van der Waals surface area contributed by atoms with Gasteiger partial charge in [-0.25, -0.2) is 8.42 Å². The fourth-order valence-corrected chi connectivity index (χ4v) is 7.47. The van der Waals surface area contributed by atoms with Gasteiger partial charge < -0.3 is 10.2 Å². The third-order valence-electron chi connectivity index (χ3n) is 8.47. The Balaban J connectivity index is 1.56. The number of carbonyl (C=O) groups excluding carboxylic acids is 2. The molecule has 1 N–H and O–H groups in total. The van der Waals surface area contributed by atoms with Crippen LogP contribution >= 0.6 is 11.6 Å². The molecule has 46 heavy (non-hydrogen) atoms. The van der Waals surface area contributed by atoms with E-state index in [1.165, 1.54) is 17.0 Å². The van der Waals surface area contributed by atoms with Gasteiger partial charge in [-0.2, -0.15) is 0 Å². The molecule has 0 spiro atoms. The normalized spacial score (nSPS) is 14.3. The van der Waals surface area contributed by atoms with Gasteiger partial charge in [0.1, 0.15) is 12.6 Å². The van der Waals surface area contributed by atoms with E-state index in [2.05, 4.69) is 5.32 Å². The van der Waals surface area contributed by atoms with E-state index in [9.17, 15) is 18.0 Å². The third kappa shape index (κ3) is 8.36. The summed E-state index contributed by atoms with van der Waals surface area (Å²) in [4.78, 5) is 30.3. The van der Waals surface area contributed by atoms with Gasteiger partial charge in [-0.3, -0.25) is 13.9 Å². The van der Waals surface area contributed by atoms with Gasteiger partial charge >= 0.3 is 0 Å². The first kappa shape index (κ1) is 33.2. The van der Waals surface area contributed by atoms with Gasteiger partial charge in [0.2, 0.25) is 11.8 Å². The number of sulfonamides is 1. The highest BCUT2D eigenvalue weighted by Gasteiger charge is 2.35. The molecule has 240 valence electrons. The van der Waals surface area contributed by atoms with Crippen molar-refractivity contribution < 1.29 is 18.0 Å². The molecule has 2 amide bonds. The number of halogens is 1. The summed E-state index contributed by atoms with van der Waals surface area (Å²) < 4.78 is 29.4. The number of nitrogens with one attached hydrogen (secondary N) is 1. The van der Waals surface area contributed by atoms with Crippen molar-refractivity contribution in [3.8, 4) is 0 Å². The smallest absolute Gasteiger partial charge is 0.264 e. The van der Waals surface area contributed by atoms with Gasteiger partial charge in [-0.1, -0.05) is 116 Å². The van der Waals surface area contributed by atoms with Crippen molar-refractivity contribution in [2.75, 3.05) is 10.8 Å². The average molecular weight is 658 g/mol. The molecule has 7 nitrogen and oxygen atoms in total. The molecule has 4 aromatic rings. The van der Waals surface area contributed by atoms with Crippen LogP contribution in [-0.2, 0) is 32.6 Å². The second kappa shape index (κ2) is 15.4. The fourth-order valence-electron chi connectivity index (χ4n) is 5.86. The summed E-state index contributed by atoms with van der Waals surface area (Å²) in [6.07, 6.45) is 5.31. The van der Waals surface area contributed by atoms with E-state index in [4.69, 9.17) is 11.6 Å². The van der Waals surface area contributed by atoms with Crippen LogP contribution in [0.4, 0.5) is 5.69 Å². The summed E-state index contributed by atoms with van der Waals surface area (Å²) in [7, 11) is -4.19.